The zero-order chi connectivity index (χ0) is 15.3. The fraction of sp³-hybridized carbons (Fsp3) is 0.700. The van der Waals surface area contributed by atoms with E-state index in [0.717, 1.165) is 25.7 Å². The lowest BCUT2D eigenvalue weighted by Crippen LogP contribution is -2.50. The van der Waals surface area contributed by atoms with Crippen molar-refractivity contribution < 1.29 is 9.59 Å². The lowest BCUT2D eigenvalue weighted by atomic mass is 9.48. The highest BCUT2D eigenvalue weighted by Gasteiger charge is 2.69. The van der Waals surface area contributed by atoms with E-state index < -0.39 is 0 Å². The van der Waals surface area contributed by atoms with Crippen LogP contribution in [0.4, 0.5) is 0 Å². The molecule has 0 aromatic carbocycles. The monoisotopic (exact) mass is 296 g/mol. The number of carbonyl (C=O) groups is 2. The van der Waals surface area contributed by atoms with Crippen molar-refractivity contribution in [1.82, 2.24) is 0 Å². The second kappa shape index (κ2) is 3.83. The van der Waals surface area contributed by atoms with Crippen LogP contribution < -0.4 is 0 Å². The van der Waals surface area contributed by atoms with Crippen molar-refractivity contribution in [2.75, 3.05) is 0 Å². The second-order valence-electron chi connectivity index (χ2n) is 8.88. The summed E-state index contributed by atoms with van der Waals surface area (Å²) in [5.41, 5.74) is 1.36. The Kier molecular flexibility index (Phi) is 2.31. The Bertz CT molecular complexity index is 657. The molecule has 4 unspecified atom stereocenters. The maximum absolute atomic E-state index is 12.7. The third-order valence-corrected chi connectivity index (χ3v) is 7.97. The molecule has 2 heteroatoms. The van der Waals surface area contributed by atoms with Gasteiger partial charge in [-0.2, -0.15) is 0 Å². The number of carbonyl (C=O) groups excluding carboxylic acids is 2. The van der Waals surface area contributed by atoms with Gasteiger partial charge in [-0.3, -0.25) is 9.59 Å². The van der Waals surface area contributed by atoms with Gasteiger partial charge in [0.15, 0.2) is 5.78 Å². The van der Waals surface area contributed by atoms with Gasteiger partial charge in [-0.05, 0) is 66.4 Å². The van der Waals surface area contributed by atoms with E-state index in [0.29, 0.717) is 41.8 Å². The molecule has 22 heavy (non-hydrogen) atoms. The van der Waals surface area contributed by atoms with Crippen molar-refractivity contribution in [2.24, 2.45) is 40.4 Å². The maximum Gasteiger partial charge on any atom is 0.156 e. The van der Waals surface area contributed by atoms with E-state index in [9.17, 15) is 9.59 Å². The predicted molar refractivity (Wildman–Crippen MR) is 84.0 cm³/mol. The molecule has 0 radical (unpaired) electrons. The Hall–Kier alpha value is -1.18. The van der Waals surface area contributed by atoms with Crippen molar-refractivity contribution >= 4 is 11.6 Å². The van der Waals surface area contributed by atoms with E-state index in [1.807, 2.05) is 6.08 Å². The number of Topliss-reactive ketones (excluding diaryl/α,β-unsaturated/α-hetero) is 1. The molecular weight excluding hydrogens is 272 g/mol. The topological polar surface area (TPSA) is 34.1 Å². The van der Waals surface area contributed by atoms with Gasteiger partial charge in [-0.25, -0.2) is 0 Å². The van der Waals surface area contributed by atoms with E-state index >= 15 is 0 Å². The molecule has 5 rings (SSSR count). The smallest absolute Gasteiger partial charge is 0.156 e. The van der Waals surface area contributed by atoms with Gasteiger partial charge in [-0.1, -0.05) is 26.0 Å². The highest BCUT2D eigenvalue weighted by Crippen LogP contribution is 2.70. The Balaban J connectivity index is 1.60. The number of hydrogen-bond acceptors (Lipinski definition) is 2. The molecule has 2 nitrogen and oxygen atoms in total. The molecule has 0 spiro atoms. The lowest BCUT2D eigenvalue weighted by Gasteiger charge is -2.55. The van der Waals surface area contributed by atoms with E-state index in [1.54, 1.807) is 0 Å². The first kappa shape index (κ1) is 13.3. The van der Waals surface area contributed by atoms with Crippen LogP contribution in [0.15, 0.2) is 23.8 Å². The standard InChI is InChI=1S/C20H24O2/c1-19-7-5-12(21)9-11(19)3-4-13-16(19)6-8-20(2)17(13)14-10-15(14)18(20)22/h3-4,9,13-17H,5-8,10H2,1-2H3/t13?,14?,15-,16?,17?,19-,20-/m0/s1. The van der Waals surface area contributed by atoms with Crippen LogP contribution in [0.2, 0.25) is 0 Å². The van der Waals surface area contributed by atoms with E-state index in [2.05, 4.69) is 26.0 Å². The second-order valence-corrected chi connectivity index (χ2v) is 8.88. The summed E-state index contributed by atoms with van der Waals surface area (Å²) in [4.78, 5) is 24.5. The molecule has 0 amide bonds. The van der Waals surface area contributed by atoms with Crippen molar-refractivity contribution in [3.8, 4) is 0 Å². The summed E-state index contributed by atoms with van der Waals surface area (Å²) in [7, 11) is 0. The molecule has 0 aliphatic heterocycles. The van der Waals surface area contributed by atoms with Crippen LogP contribution in [0.3, 0.4) is 0 Å². The highest BCUT2D eigenvalue weighted by molar-refractivity contribution is 5.93. The Morgan fingerprint density at radius 3 is 2.77 bits per heavy atom. The average Bonchev–Trinajstić information content (AvgIpc) is 3.22. The van der Waals surface area contributed by atoms with Gasteiger partial charge >= 0.3 is 0 Å². The van der Waals surface area contributed by atoms with Gasteiger partial charge in [-0.15, -0.1) is 0 Å². The summed E-state index contributed by atoms with van der Waals surface area (Å²) < 4.78 is 0. The maximum atomic E-state index is 12.7. The van der Waals surface area contributed by atoms with Gasteiger partial charge in [0.2, 0.25) is 0 Å². The molecular formula is C20H24O2. The fourth-order valence-corrected chi connectivity index (χ4v) is 6.66. The third kappa shape index (κ3) is 1.38. The molecule has 3 saturated carbocycles. The Labute approximate surface area is 132 Å². The SMILES string of the molecule is C[C@]12CCC(=O)C=C1C=CC1C2CC[C@]2(C)C(=O)[C@H]3CC3C12. The van der Waals surface area contributed by atoms with Crippen molar-refractivity contribution in [1.29, 1.82) is 0 Å². The number of hydrogen-bond donors (Lipinski definition) is 0. The molecule has 0 aromatic heterocycles. The molecule has 116 valence electrons. The molecule has 0 bridgehead atoms. The Morgan fingerprint density at radius 2 is 1.95 bits per heavy atom. The Morgan fingerprint density at radius 1 is 1.14 bits per heavy atom. The van der Waals surface area contributed by atoms with Gasteiger partial charge in [0.1, 0.15) is 5.78 Å². The summed E-state index contributed by atoms with van der Waals surface area (Å²) >= 11 is 0. The van der Waals surface area contributed by atoms with E-state index in [-0.39, 0.29) is 16.6 Å². The van der Waals surface area contributed by atoms with Crippen LogP contribution in [0.5, 0.6) is 0 Å². The molecule has 0 heterocycles. The van der Waals surface area contributed by atoms with Crippen LogP contribution >= 0.6 is 0 Å². The van der Waals surface area contributed by atoms with Crippen LogP contribution in [0, 0.1) is 40.4 Å². The molecule has 0 saturated heterocycles. The normalized spacial score (nSPS) is 55.0. The highest BCUT2D eigenvalue weighted by atomic mass is 16.1. The molecule has 5 aliphatic rings. The lowest BCUT2D eigenvalue weighted by molar-refractivity contribution is -0.133. The molecule has 5 aliphatic carbocycles. The minimum absolute atomic E-state index is 0.0544. The van der Waals surface area contributed by atoms with Gasteiger partial charge in [0, 0.05) is 17.8 Å². The number of rotatable bonds is 0. The first-order valence-corrected chi connectivity index (χ1v) is 8.93. The first-order valence-electron chi connectivity index (χ1n) is 8.93. The minimum atomic E-state index is -0.0544. The summed E-state index contributed by atoms with van der Waals surface area (Å²) in [6.07, 6.45) is 11.5. The predicted octanol–water partition coefficient (Wildman–Crippen LogP) is 3.72. The first-order chi connectivity index (χ1) is 10.4. The van der Waals surface area contributed by atoms with Gasteiger partial charge in [0.25, 0.3) is 0 Å². The summed E-state index contributed by atoms with van der Waals surface area (Å²) in [5.74, 6) is 3.65. The van der Waals surface area contributed by atoms with Crippen LogP contribution in [-0.4, -0.2) is 11.6 Å². The number of allylic oxidation sites excluding steroid dienone is 4. The average molecular weight is 296 g/mol. The molecule has 7 atom stereocenters. The zero-order valence-corrected chi connectivity index (χ0v) is 13.5. The van der Waals surface area contributed by atoms with Crippen molar-refractivity contribution in [2.45, 2.75) is 46.0 Å². The third-order valence-electron chi connectivity index (χ3n) is 7.97. The van der Waals surface area contributed by atoms with E-state index in [1.165, 1.54) is 5.57 Å². The quantitative estimate of drug-likeness (QED) is 0.683. The molecule has 0 aromatic rings. The summed E-state index contributed by atoms with van der Waals surface area (Å²) in [6, 6.07) is 0. The van der Waals surface area contributed by atoms with Gasteiger partial charge < -0.3 is 0 Å². The van der Waals surface area contributed by atoms with Crippen LogP contribution in [0.1, 0.15) is 46.0 Å². The molecule has 0 N–H and O–H groups in total. The van der Waals surface area contributed by atoms with E-state index in [4.69, 9.17) is 0 Å². The van der Waals surface area contributed by atoms with Crippen molar-refractivity contribution in [3.63, 3.8) is 0 Å². The molecule has 3 fully saturated rings. The largest absolute Gasteiger partial charge is 0.299 e. The zero-order valence-electron chi connectivity index (χ0n) is 13.5. The van der Waals surface area contributed by atoms with Gasteiger partial charge in [0.05, 0.1) is 0 Å². The summed E-state index contributed by atoms with van der Waals surface area (Å²) in [6.45, 7) is 4.62. The van der Waals surface area contributed by atoms with Crippen LogP contribution in [-0.2, 0) is 9.59 Å². The summed E-state index contributed by atoms with van der Waals surface area (Å²) in [5, 5.41) is 0. The number of ketones is 2. The van der Waals surface area contributed by atoms with Crippen LogP contribution in [0.25, 0.3) is 0 Å². The minimum Gasteiger partial charge on any atom is -0.299 e. The fourth-order valence-electron chi connectivity index (χ4n) is 6.66. The number of fused-ring (bicyclic) bond motifs is 7. The van der Waals surface area contributed by atoms with Crippen molar-refractivity contribution in [3.05, 3.63) is 23.8 Å².